The summed E-state index contributed by atoms with van der Waals surface area (Å²) >= 11 is 0. The molecule has 0 aromatic carbocycles. The van der Waals surface area contributed by atoms with Crippen molar-refractivity contribution in [2.75, 3.05) is 6.61 Å². The molecule has 0 bridgehead atoms. The van der Waals surface area contributed by atoms with Crippen molar-refractivity contribution >= 4 is 0 Å². The number of hydrogen-bond donors (Lipinski definition) is 2. The molecule has 1 aliphatic rings. The van der Waals surface area contributed by atoms with Crippen LogP contribution in [0.4, 0.5) is 0 Å². The summed E-state index contributed by atoms with van der Waals surface area (Å²) in [6.45, 7) is 8.00. The van der Waals surface area contributed by atoms with Gasteiger partial charge < -0.3 is 10.1 Å². The van der Waals surface area contributed by atoms with E-state index in [-0.39, 0.29) is 5.41 Å². The van der Waals surface area contributed by atoms with E-state index in [0.717, 1.165) is 19.4 Å². The molecule has 2 rings (SSSR count). The average Bonchev–Trinajstić information content (AvgIpc) is 2.84. The van der Waals surface area contributed by atoms with Crippen LogP contribution in [0.15, 0.2) is 0 Å². The molecule has 1 aromatic rings. The number of rotatable bonds is 6. The first-order valence-electron chi connectivity index (χ1n) is 6.28. The van der Waals surface area contributed by atoms with E-state index in [4.69, 9.17) is 4.74 Å². The van der Waals surface area contributed by atoms with Crippen LogP contribution in [0, 0.1) is 5.41 Å². The maximum Gasteiger partial charge on any atom is 0.188 e. The van der Waals surface area contributed by atoms with Gasteiger partial charge in [-0.1, -0.05) is 19.1 Å². The van der Waals surface area contributed by atoms with Crippen LogP contribution in [0.1, 0.15) is 39.4 Å². The molecule has 1 fully saturated rings. The second-order valence-corrected chi connectivity index (χ2v) is 4.80. The average molecular weight is 239 g/mol. The second-order valence-electron chi connectivity index (χ2n) is 4.80. The van der Waals surface area contributed by atoms with Gasteiger partial charge in [-0.05, 0) is 19.8 Å². The number of nitrogens with one attached hydrogen (secondary N) is 2. The predicted octanol–water partition coefficient (Wildman–Crippen LogP) is 0.883. The first kappa shape index (κ1) is 12.4. The highest BCUT2D eigenvalue weighted by Crippen LogP contribution is 2.45. The molecule has 3 unspecified atom stereocenters. The van der Waals surface area contributed by atoms with E-state index < -0.39 is 0 Å². The Hall–Kier alpha value is -1.01. The molecule has 1 aliphatic carbocycles. The zero-order valence-electron chi connectivity index (χ0n) is 10.7. The van der Waals surface area contributed by atoms with Crippen LogP contribution in [0.5, 0.6) is 0 Å². The Balaban J connectivity index is 1.86. The maximum absolute atomic E-state index is 5.76. The molecule has 0 spiro atoms. The van der Waals surface area contributed by atoms with Gasteiger partial charge in [0.15, 0.2) is 5.82 Å². The molecule has 96 valence electrons. The number of H-pyrrole nitrogens is 1. The quantitative estimate of drug-likeness (QED) is 0.771. The summed E-state index contributed by atoms with van der Waals surface area (Å²) in [5, 5.41) is 17.4. The van der Waals surface area contributed by atoms with E-state index in [2.05, 4.69) is 46.7 Å². The highest BCUT2D eigenvalue weighted by atomic mass is 16.5. The van der Waals surface area contributed by atoms with Crippen LogP contribution in [0.25, 0.3) is 0 Å². The fourth-order valence-electron chi connectivity index (χ4n) is 2.54. The molecule has 6 nitrogen and oxygen atoms in total. The van der Waals surface area contributed by atoms with Gasteiger partial charge in [-0.2, -0.15) is 5.21 Å². The lowest BCUT2D eigenvalue weighted by atomic mass is 9.61. The van der Waals surface area contributed by atoms with Crippen LogP contribution in [-0.4, -0.2) is 39.4 Å². The second kappa shape index (κ2) is 5.10. The van der Waals surface area contributed by atoms with Crippen molar-refractivity contribution in [2.45, 2.75) is 52.3 Å². The largest absolute Gasteiger partial charge is 0.378 e. The number of aromatic nitrogens is 4. The number of ether oxygens (including phenoxy) is 1. The third-order valence-corrected chi connectivity index (χ3v) is 4.01. The topological polar surface area (TPSA) is 75.7 Å². The van der Waals surface area contributed by atoms with Crippen molar-refractivity contribution in [3.8, 4) is 0 Å². The lowest BCUT2D eigenvalue weighted by Crippen LogP contribution is -2.62. The molecule has 1 aromatic heterocycles. The van der Waals surface area contributed by atoms with E-state index >= 15 is 0 Å². The Labute approximate surface area is 102 Å². The minimum absolute atomic E-state index is 0.222. The third-order valence-electron chi connectivity index (χ3n) is 4.01. The summed E-state index contributed by atoms with van der Waals surface area (Å²) in [4.78, 5) is 0. The molecule has 0 saturated heterocycles. The van der Waals surface area contributed by atoms with Crippen molar-refractivity contribution in [1.82, 2.24) is 25.9 Å². The van der Waals surface area contributed by atoms with Gasteiger partial charge in [0.2, 0.25) is 0 Å². The lowest BCUT2D eigenvalue weighted by molar-refractivity contribution is -0.126. The summed E-state index contributed by atoms with van der Waals surface area (Å²) in [5.74, 6) is 0.711. The molecule has 2 N–H and O–H groups in total. The van der Waals surface area contributed by atoms with E-state index in [1.807, 2.05) is 0 Å². The SMILES string of the molecule is CCOC1CC(NCc2nn[nH]n2)C1(C)CC. The Morgan fingerprint density at radius 1 is 1.53 bits per heavy atom. The van der Waals surface area contributed by atoms with Crippen molar-refractivity contribution < 1.29 is 4.74 Å². The van der Waals surface area contributed by atoms with E-state index in [1.54, 1.807) is 0 Å². The van der Waals surface area contributed by atoms with Crippen LogP contribution in [0.2, 0.25) is 0 Å². The number of hydrogen-bond acceptors (Lipinski definition) is 5. The molecule has 6 heteroatoms. The van der Waals surface area contributed by atoms with Crippen molar-refractivity contribution in [1.29, 1.82) is 0 Å². The van der Waals surface area contributed by atoms with E-state index in [0.29, 0.717) is 24.5 Å². The summed E-state index contributed by atoms with van der Waals surface area (Å²) < 4.78 is 5.76. The fraction of sp³-hybridized carbons (Fsp3) is 0.909. The number of tetrazole rings is 1. The van der Waals surface area contributed by atoms with E-state index in [1.165, 1.54) is 0 Å². The number of nitrogens with zero attached hydrogens (tertiary/aromatic N) is 3. The summed E-state index contributed by atoms with van der Waals surface area (Å²) in [5.41, 5.74) is 0.222. The molecule has 3 atom stereocenters. The highest BCUT2D eigenvalue weighted by molar-refractivity contribution is 5.05. The van der Waals surface area contributed by atoms with Gasteiger partial charge in [0.05, 0.1) is 12.6 Å². The first-order chi connectivity index (χ1) is 8.20. The van der Waals surface area contributed by atoms with Crippen LogP contribution in [0.3, 0.4) is 0 Å². The molecule has 0 radical (unpaired) electrons. The Morgan fingerprint density at radius 2 is 2.35 bits per heavy atom. The van der Waals surface area contributed by atoms with E-state index in [9.17, 15) is 0 Å². The number of aromatic amines is 1. The van der Waals surface area contributed by atoms with Gasteiger partial charge in [0, 0.05) is 18.1 Å². The van der Waals surface area contributed by atoms with Crippen molar-refractivity contribution in [2.24, 2.45) is 5.41 Å². The standard InChI is InChI=1S/C11H21N5O/c1-4-11(3)8(6-9(11)17-5-2)12-7-10-13-15-16-14-10/h8-9,12H,4-7H2,1-3H3,(H,13,14,15,16). The Bertz CT molecular complexity index is 342. The summed E-state index contributed by atoms with van der Waals surface area (Å²) in [7, 11) is 0. The van der Waals surface area contributed by atoms with Gasteiger partial charge in [0.1, 0.15) is 0 Å². The smallest absolute Gasteiger partial charge is 0.188 e. The third kappa shape index (κ3) is 2.32. The molecular formula is C11H21N5O. The lowest BCUT2D eigenvalue weighted by Gasteiger charge is -2.53. The monoisotopic (exact) mass is 239 g/mol. The van der Waals surface area contributed by atoms with Gasteiger partial charge in [-0.15, -0.1) is 10.2 Å². The minimum atomic E-state index is 0.222. The maximum atomic E-state index is 5.76. The van der Waals surface area contributed by atoms with Gasteiger partial charge in [-0.25, -0.2) is 0 Å². The summed E-state index contributed by atoms with van der Waals surface area (Å²) in [6.07, 6.45) is 2.55. The highest BCUT2D eigenvalue weighted by Gasteiger charge is 2.50. The molecule has 1 heterocycles. The molecule has 1 saturated carbocycles. The first-order valence-corrected chi connectivity index (χ1v) is 6.28. The predicted molar refractivity (Wildman–Crippen MR) is 63.2 cm³/mol. The molecule has 0 aliphatic heterocycles. The zero-order chi connectivity index (χ0) is 12.3. The van der Waals surface area contributed by atoms with Gasteiger partial charge >= 0.3 is 0 Å². The summed E-state index contributed by atoms with van der Waals surface area (Å²) in [6, 6.07) is 0.475. The molecular weight excluding hydrogens is 218 g/mol. The van der Waals surface area contributed by atoms with Gasteiger partial charge in [-0.3, -0.25) is 0 Å². The Kier molecular flexibility index (Phi) is 3.73. The normalized spacial score (nSPS) is 32.4. The van der Waals surface area contributed by atoms with Gasteiger partial charge in [0.25, 0.3) is 0 Å². The molecule has 0 amide bonds. The van der Waals surface area contributed by atoms with Crippen molar-refractivity contribution in [3.05, 3.63) is 5.82 Å². The van der Waals surface area contributed by atoms with Crippen molar-refractivity contribution in [3.63, 3.8) is 0 Å². The fourth-order valence-corrected chi connectivity index (χ4v) is 2.54. The van der Waals surface area contributed by atoms with Crippen LogP contribution >= 0.6 is 0 Å². The van der Waals surface area contributed by atoms with Crippen LogP contribution in [-0.2, 0) is 11.3 Å². The Morgan fingerprint density at radius 3 is 2.94 bits per heavy atom. The zero-order valence-corrected chi connectivity index (χ0v) is 10.7. The molecule has 17 heavy (non-hydrogen) atoms. The minimum Gasteiger partial charge on any atom is -0.378 e. The van der Waals surface area contributed by atoms with Crippen LogP contribution < -0.4 is 5.32 Å².